The van der Waals surface area contributed by atoms with Crippen LogP contribution in [0.3, 0.4) is 0 Å². The molecule has 0 spiro atoms. The third-order valence-corrected chi connectivity index (χ3v) is 4.50. The Kier molecular flexibility index (Phi) is 3.33. The first kappa shape index (κ1) is 14.2. The molecule has 0 unspecified atom stereocenters. The van der Waals surface area contributed by atoms with Crippen molar-refractivity contribution in [1.82, 2.24) is 19.5 Å². The minimum atomic E-state index is -4.22. The molecule has 0 aliphatic carbocycles. The third-order valence-electron chi connectivity index (χ3n) is 3.37. The van der Waals surface area contributed by atoms with Crippen molar-refractivity contribution in [1.29, 1.82) is 0 Å². The lowest BCUT2D eigenvalue weighted by Gasteiger charge is -2.15. The number of nitrogen functional groups attached to an aromatic ring is 2. The average Bonchev–Trinajstić information content (AvgIpc) is 2.97. The van der Waals surface area contributed by atoms with Gasteiger partial charge in [-0.05, 0) is 12.8 Å². The molecule has 114 valence electrons. The Morgan fingerprint density at radius 1 is 1.38 bits per heavy atom. The molecule has 21 heavy (non-hydrogen) atoms. The fourth-order valence-electron chi connectivity index (χ4n) is 2.41. The Balaban J connectivity index is 1.82. The molecule has 1 aliphatic rings. The lowest BCUT2D eigenvalue weighted by molar-refractivity contribution is 0.0621. The SMILES string of the molecule is Nc1nc(N)c2ncn(C[C@H]3CC[C@@H](P(=O)(O)O)O3)c2n1. The summed E-state index contributed by atoms with van der Waals surface area (Å²) in [6, 6.07) is 0. The molecule has 0 aromatic carbocycles. The van der Waals surface area contributed by atoms with Gasteiger partial charge in [-0.15, -0.1) is 0 Å². The van der Waals surface area contributed by atoms with Crippen LogP contribution < -0.4 is 11.5 Å². The second kappa shape index (κ2) is 4.92. The van der Waals surface area contributed by atoms with Crippen molar-refractivity contribution in [3.05, 3.63) is 6.33 Å². The third kappa shape index (κ3) is 2.70. The summed E-state index contributed by atoms with van der Waals surface area (Å²) in [4.78, 5) is 30.3. The minimum absolute atomic E-state index is 0.0437. The van der Waals surface area contributed by atoms with Gasteiger partial charge in [0, 0.05) is 0 Å². The highest BCUT2D eigenvalue weighted by Gasteiger charge is 2.37. The summed E-state index contributed by atoms with van der Waals surface area (Å²) in [5, 5.41) is 0. The molecule has 0 radical (unpaired) electrons. The van der Waals surface area contributed by atoms with Crippen LogP contribution in [-0.2, 0) is 15.8 Å². The Labute approximate surface area is 119 Å². The number of fused-ring (bicyclic) bond motifs is 1. The highest BCUT2D eigenvalue weighted by molar-refractivity contribution is 7.52. The summed E-state index contributed by atoms with van der Waals surface area (Å²) < 4.78 is 18.3. The van der Waals surface area contributed by atoms with Crippen LogP contribution in [0.15, 0.2) is 6.33 Å². The standard InChI is InChI=1S/C10H15N6O4P/c11-8-7-9(15-10(12)14-8)16(4-13-7)3-5-1-2-6(20-5)21(17,18)19/h4-6H,1-3H2,(H2,17,18,19)(H4,11,12,14,15)/t5-,6-/m1/s1. The Morgan fingerprint density at radius 2 is 2.14 bits per heavy atom. The number of nitrogens with zero attached hydrogens (tertiary/aromatic N) is 4. The molecule has 2 aromatic rings. The number of hydrogen-bond acceptors (Lipinski definition) is 7. The van der Waals surface area contributed by atoms with Crippen molar-refractivity contribution in [2.75, 3.05) is 11.5 Å². The Morgan fingerprint density at radius 3 is 2.81 bits per heavy atom. The van der Waals surface area contributed by atoms with Crippen molar-refractivity contribution >= 4 is 30.5 Å². The number of anilines is 2. The van der Waals surface area contributed by atoms with E-state index in [0.717, 1.165) is 0 Å². The molecule has 1 fully saturated rings. The van der Waals surface area contributed by atoms with E-state index in [1.165, 1.54) is 6.33 Å². The van der Waals surface area contributed by atoms with Crippen molar-refractivity contribution in [2.24, 2.45) is 0 Å². The zero-order valence-corrected chi connectivity index (χ0v) is 11.8. The van der Waals surface area contributed by atoms with E-state index in [0.29, 0.717) is 30.6 Å². The zero-order valence-electron chi connectivity index (χ0n) is 11.0. The molecule has 0 saturated carbocycles. The van der Waals surface area contributed by atoms with Gasteiger partial charge >= 0.3 is 7.60 Å². The quantitative estimate of drug-likeness (QED) is 0.555. The maximum atomic E-state index is 11.2. The van der Waals surface area contributed by atoms with Crippen molar-refractivity contribution in [3.63, 3.8) is 0 Å². The average molecular weight is 314 g/mol. The van der Waals surface area contributed by atoms with Crippen LogP contribution in [0.2, 0.25) is 0 Å². The summed E-state index contributed by atoms with van der Waals surface area (Å²) >= 11 is 0. The number of imidazole rings is 1. The summed E-state index contributed by atoms with van der Waals surface area (Å²) in [6.07, 6.45) is 2.08. The number of ether oxygens (including phenoxy) is 1. The normalized spacial score (nSPS) is 23.0. The number of aromatic nitrogens is 4. The lowest BCUT2D eigenvalue weighted by atomic mass is 10.2. The molecular formula is C10H15N6O4P. The second-order valence-corrected chi connectivity index (χ2v) is 6.67. The molecule has 11 heteroatoms. The van der Waals surface area contributed by atoms with Gasteiger partial charge < -0.3 is 30.6 Å². The molecule has 3 rings (SSSR count). The van der Waals surface area contributed by atoms with Gasteiger partial charge in [0.2, 0.25) is 5.95 Å². The van der Waals surface area contributed by atoms with Gasteiger partial charge in [-0.3, -0.25) is 4.57 Å². The molecule has 6 N–H and O–H groups in total. The van der Waals surface area contributed by atoms with E-state index in [2.05, 4.69) is 15.0 Å². The van der Waals surface area contributed by atoms with E-state index in [9.17, 15) is 4.57 Å². The van der Waals surface area contributed by atoms with Gasteiger partial charge in [-0.2, -0.15) is 9.97 Å². The molecule has 1 aliphatic heterocycles. The van der Waals surface area contributed by atoms with Gasteiger partial charge in [0.1, 0.15) is 5.52 Å². The van der Waals surface area contributed by atoms with Gasteiger partial charge in [-0.25, -0.2) is 4.98 Å². The van der Waals surface area contributed by atoms with Crippen molar-refractivity contribution < 1.29 is 19.1 Å². The van der Waals surface area contributed by atoms with Gasteiger partial charge in [-0.1, -0.05) is 0 Å². The lowest BCUT2D eigenvalue weighted by Crippen LogP contribution is -2.17. The Bertz CT molecular complexity index is 728. The molecule has 0 amide bonds. The summed E-state index contributed by atoms with van der Waals surface area (Å²) in [5.74, 6) is -0.805. The topological polar surface area (TPSA) is 162 Å². The van der Waals surface area contributed by atoms with Crippen molar-refractivity contribution in [2.45, 2.75) is 31.3 Å². The van der Waals surface area contributed by atoms with E-state index in [1.54, 1.807) is 4.57 Å². The van der Waals surface area contributed by atoms with Gasteiger partial charge in [0.05, 0.1) is 19.0 Å². The van der Waals surface area contributed by atoms with Crippen molar-refractivity contribution in [3.8, 4) is 0 Å². The van der Waals surface area contributed by atoms with Crippen LogP contribution in [0, 0.1) is 0 Å². The number of rotatable bonds is 3. The van der Waals surface area contributed by atoms with Gasteiger partial charge in [0.25, 0.3) is 0 Å². The predicted octanol–water partition coefficient (Wildman–Crippen LogP) is -0.327. The monoisotopic (exact) mass is 314 g/mol. The summed E-state index contributed by atoms with van der Waals surface area (Å²) in [6.45, 7) is 0.364. The van der Waals surface area contributed by atoms with E-state index in [4.69, 9.17) is 26.0 Å². The van der Waals surface area contributed by atoms with E-state index in [-0.39, 0.29) is 17.9 Å². The van der Waals surface area contributed by atoms with Crippen LogP contribution in [0.1, 0.15) is 12.8 Å². The zero-order chi connectivity index (χ0) is 15.2. The molecule has 10 nitrogen and oxygen atoms in total. The minimum Gasteiger partial charge on any atom is -0.382 e. The molecule has 2 aromatic heterocycles. The first-order chi connectivity index (χ1) is 9.84. The first-order valence-corrected chi connectivity index (χ1v) is 7.97. The summed E-state index contributed by atoms with van der Waals surface area (Å²) in [5.41, 5.74) is 12.2. The van der Waals surface area contributed by atoms with Crippen LogP contribution in [-0.4, -0.2) is 41.3 Å². The fraction of sp³-hybridized carbons (Fsp3) is 0.500. The molecule has 3 heterocycles. The highest BCUT2D eigenvalue weighted by atomic mass is 31.2. The van der Waals surface area contributed by atoms with E-state index < -0.39 is 13.4 Å². The van der Waals surface area contributed by atoms with Crippen LogP contribution in [0.25, 0.3) is 11.2 Å². The Hall–Kier alpha value is -1.74. The highest BCUT2D eigenvalue weighted by Crippen LogP contribution is 2.48. The maximum Gasteiger partial charge on any atom is 0.354 e. The number of nitrogens with two attached hydrogens (primary N) is 2. The fourth-order valence-corrected chi connectivity index (χ4v) is 3.22. The van der Waals surface area contributed by atoms with E-state index in [1.807, 2.05) is 0 Å². The molecule has 0 bridgehead atoms. The molecule has 1 saturated heterocycles. The van der Waals surface area contributed by atoms with Crippen LogP contribution >= 0.6 is 7.60 Å². The number of hydrogen-bond donors (Lipinski definition) is 4. The predicted molar refractivity (Wildman–Crippen MR) is 74.1 cm³/mol. The van der Waals surface area contributed by atoms with E-state index >= 15 is 0 Å². The molecular weight excluding hydrogens is 299 g/mol. The van der Waals surface area contributed by atoms with Crippen LogP contribution in [0.4, 0.5) is 11.8 Å². The molecule has 2 atom stereocenters. The summed E-state index contributed by atoms with van der Waals surface area (Å²) in [7, 11) is -4.22. The smallest absolute Gasteiger partial charge is 0.354 e. The largest absolute Gasteiger partial charge is 0.382 e. The second-order valence-electron chi connectivity index (χ2n) is 4.92. The van der Waals surface area contributed by atoms with Gasteiger partial charge in [0.15, 0.2) is 17.3 Å². The maximum absolute atomic E-state index is 11.2. The first-order valence-electron chi connectivity index (χ1n) is 6.29. The van der Waals surface area contributed by atoms with Crippen LogP contribution in [0.5, 0.6) is 0 Å².